The zero-order valence-electron chi connectivity index (χ0n) is 17.0. The highest BCUT2D eigenvalue weighted by Crippen LogP contribution is 2.28. The summed E-state index contributed by atoms with van der Waals surface area (Å²) in [4.78, 5) is 43.1. The van der Waals surface area contributed by atoms with E-state index in [9.17, 15) is 14.4 Å². The van der Waals surface area contributed by atoms with Gasteiger partial charge in [0.2, 0.25) is 5.91 Å². The lowest BCUT2D eigenvalue weighted by Crippen LogP contribution is -2.32. The highest BCUT2D eigenvalue weighted by molar-refractivity contribution is 7.20. The van der Waals surface area contributed by atoms with E-state index in [1.54, 1.807) is 20.8 Å². The molecule has 1 atom stereocenters. The van der Waals surface area contributed by atoms with Gasteiger partial charge >= 0.3 is 5.97 Å². The van der Waals surface area contributed by atoms with Crippen molar-refractivity contribution in [2.45, 2.75) is 40.7 Å². The van der Waals surface area contributed by atoms with E-state index in [0.29, 0.717) is 26.3 Å². The first-order chi connectivity index (χ1) is 13.8. The molecule has 29 heavy (non-hydrogen) atoms. The van der Waals surface area contributed by atoms with Crippen LogP contribution in [0.2, 0.25) is 0 Å². The summed E-state index contributed by atoms with van der Waals surface area (Å²) in [5.74, 6) is -0.792. The monoisotopic (exact) mass is 413 g/mol. The summed E-state index contributed by atoms with van der Waals surface area (Å²) >= 11 is 1.12. The molecule has 1 amide bonds. The minimum absolute atomic E-state index is 0.250. The number of nitrogens with one attached hydrogen (secondary N) is 1. The predicted molar refractivity (Wildman–Crippen MR) is 114 cm³/mol. The number of nitrogens with zero attached hydrogens (tertiary/aromatic N) is 2. The summed E-state index contributed by atoms with van der Waals surface area (Å²) in [7, 11) is 0. The number of thiophene rings is 1. The van der Waals surface area contributed by atoms with Crippen LogP contribution in [0, 0.1) is 20.8 Å². The van der Waals surface area contributed by atoms with Gasteiger partial charge in [-0.15, -0.1) is 11.3 Å². The number of fused-ring (bicyclic) bond motifs is 1. The van der Waals surface area contributed by atoms with Crippen LogP contribution in [0.25, 0.3) is 10.2 Å². The number of aryl methyl sites for hydroxylation is 2. The average Bonchev–Trinajstić information content (AvgIpc) is 3.03. The molecule has 0 spiro atoms. The van der Waals surface area contributed by atoms with Gasteiger partial charge in [-0.2, -0.15) is 0 Å². The van der Waals surface area contributed by atoms with E-state index in [0.717, 1.165) is 22.5 Å². The van der Waals surface area contributed by atoms with Gasteiger partial charge in [0.1, 0.15) is 15.7 Å². The van der Waals surface area contributed by atoms with Crippen molar-refractivity contribution in [1.29, 1.82) is 0 Å². The van der Waals surface area contributed by atoms with Crippen molar-refractivity contribution in [2.24, 2.45) is 0 Å². The average molecular weight is 413 g/mol. The molecule has 0 fully saturated rings. The number of ether oxygens (including phenoxy) is 1. The van der Waals surface area contributed by atoms with E-state index in [1.165, 1.54) is 10.9 Å². The van der Waals surface area contributed by atoms with Crippen molar-refractivity contribution in [3.8, 4) is 0 Å². The Morgan fingerprint density at radius 3 is 2.66 bits per heavy atom. The van der Waals surface area contributed by atoms with Crippen LogP contribution in [0.4, 0.5) is 5.69 Å². The van der Waals surface area contributed by atoms with E-state index in [-0.39, 0.29) is 18.1 Å². The zero-order chi connectivity index (χ0) is 21.3. The molecule has 0 aliphatic heterocycles. The van der Waals surface area contributed by atoms with Gasteiger partial charge in [-0.3, -0.25) is 14.2 Å². The Balaban J connectivity index is 1.96. The first kappa shape index (κ1) is 20.7. The number of amides is 1. The fourth-order valence-electron chi connectivity index (χ4n) is 3.05. The molecule has 0 radical (unpaired) electrons. The van der Waals surface area contributed by atoms with Crippen molar-refractivity contribution in [1.82, 2.24) is 9.55 Å². The number of hydrogen-bond acceptors (Lipinski definition) is 6. The number of carbonyl (C=O) groups is 2. The molecule has 152 valence electrons. The number of hydrogen-bond donors (Lipinski definition) is 1. The van der Waals surface area contributed by atoms with E-state index in [2.05, 4.69) is 10.3 Å². The van der Waals surface area contributed by atoms with Gasteiger partial charge in [0.05, 0.1) is 18.3 Å². The molecule has 3 aromatic rings. The third-order valence-corrected chi connectivity index (χ3v) is 6.18. The standard InChI is InChI=1S/C21H23N3O4S/c1-6-28-21(27)17-13(4)16-19(29-17)22-10-24(20(16)26)14(5)18(25)23-15-9-7-8-11(2)12(15)3/h7-10,14H,6H2,1-5H3,(H,23,25). The van der Waals surface area contributed by atoms with E-state index in [1.807, 2.05) is 32.0 Å². The minimum Gasteiger partial charge on any atom is -0.462 e. The third-order valence-electron chi connectivity index (χ3n) is 5.00. The van der Waals surface area contributed by atoms with Crippen molar-refractivity contribution in [3.63, 3.8) is 0 Å². The number of benzene rings is 1. The molecule has 0 saturated heterocycles. The van der Waals surface area contributed by atoms with Crippen LogP contribution in [0.3, 0.4) is 0 Å². The first-order valence-corrected chi connectivity index (χ1v) is 10.1. The van der Waals surface area contributed by atoms with Crippen LogP contribution in [0.1, 0.15) is 46.3 Å². The Bertz CT molecular complexity index is 1160. The number of rotatable bonds is 5. The van der Waals surface area contributed by atoms with Crippen molar-refractivity contribution >= 4 is 39.1 Å². The Hall–Kier alpha value is -3.00. The largest absolute Gasteiger partial charge is 0.462 e. The molecule has 0 bridgehead atoms. The zero-order valence-corrected chi connectivity index (χ0v) is 17.8. The van der Waals surface area contributed by atoms with Crippen LogP contribution in [-0.4, -0.2) is 28.0 Å². The smallest absolute Gasteiger partial charge is 0.348 e. The molecule has 1 N–H and O–H groups in total. The van der Waals surface area contributed by atoms with Crippen molar-refractivity contribution in [2.75, 3.05) is 11.9 Å². The quantitative estimate of drug-likeness (QED) is 0.643. The van der Waals surface area contributed by atoms with Gasteiger partial charge in [-0.25, -0.2) is 9.78 Å². The van der Waals surface area contributed by atoms with E-state index in [4.69, 9.17) is 4.74 Å². The lowest BCUT2D eigenvalue weighted by atomic mass is 10.1. The minimum atomic E-state index is -0.773. The summed E-state index contributed by atoms with van der Waals surface area (Å²) in [5.41, 5.74) is 2.92. The first-order valence-electron chi connectivity index (χ1n) is 9.30. The van der Waals surface area contributed by atoms with Gasteiger partial charge in [0.25, 0.3) is 5.56 Å². The molecule has 0 aliphatic carbocycles. The SMILES string of the molecule is CCOC(=O)c1sc2ncn(C(C)C(=O)Nc3cccc(C)c3C)c(=O)c2c1C. The Morgan fingerprint density at radius 1 is 1.24 bits per heavy atom. The summed E-state index contributed by atoms with van der Waals surface area (Å²) in [6.45, 7) is 9.21. The van der Waals surface area contributed by atoms with Crippen LogP contribution in [0.5, 0.6) is 0 Å². The normalized spacial score (nSPS) is 12.0. The molecule has 0 saturated carbocycles. The molecule has 0 aliphatic rings. The molecular formula is C21H23N3O4S. The maximum Gasteiger partial charge on any atom is 0.348 e. The van der Waals surface area contributed by atoms with E-state index < -0.39 is 12.0 Å². The predicted octanol–water partition coefficient (Wildman–Crippen LogP) is 3.76. The molecule has 3 rings (SSSR count). The highest BCUT2D eigenvalue weighted by atomic mass is 32.1. The molecule has 1 aromatic carbocycles. The third kappa shape index (κ3) is 3.80. The second-order valence-electron chi connectivity index (χ2n) is 6.83. The summed E-state index contributed by atoms with van der Waals surface area (Å²) in [5, 5.41) is 3.22. The lowest BCUT2D eigenvalue weighted by Gasteiger charge is -2.16. The van der Waals surface area contributed by atoms with Crippen LogP contribution in [0.15, 0.2) is 29.3 Å². The molecule has 1 unspecified atom stereocenters. The van der Waals surface area contributed by atoms with Crippen molar-refractivity contribution < 1.29 is 14.3 Å². The van der Waals surface area contributed by atoms with Gasteiger partial charge < -0.3 is 10.1 Å². The summed E-state index contributed by atoms with van der Waals surface area (Å²) < 4.78 is 6.34. The molecular weight excluding hydrogens is 390 g/mol. The number of esters is 1. The second-order valence-corrected chi connectivity index (χ2v) is 7.83. The fourth-order valence-corrected chi connectivity index (χ4v) is 4.09. The van der Waals surface area contributed by atoms with Crippen LogP contribution < -0.4 is 10.9 Å². The van der Waals surface area contributed by atoms with Gasteiger partial charge in [0, 0.05) is 5.69 Å². The Kier molecular flexibility index (Phi) is 5.83. The lowest BCUT2D eigenvalue weighted by molar-refractivity contribution is -0.118. The van der Waals surface area contributed by atoms with Gasteiger partial charge in [-0.1, -0.05) is 12.1 Å². The number of carbonyl (C=O) groups excluding carboxylic acids is 2. The van der Waals surface area contributed by atoms with Crippen LogP contribution in [-0.2, 0) is 9.53 Å². The molecule has 2 aromatic heterocycles. The van der Waals surface area contributed by atoms with Gasteiger partial charge in [0.15, 0.2) is 0 Å². The maximum atomic E-state index is 13.1. The Morgan fingerprint density at radius 2 is 1.97 bits per heavy atom. The maximum absolute atomic E-state index is 13.1. The molecule has 8 heteroatoms. The Labute approximate surface area is 172 Å². The number of aromatic nitrogens is 2. The molecule has 7 nitrogen and oxygen atoms in total. The second kappa shape index (κ2) is 8.16. The van der Waals surface area contributed by atoms with Gasteiger partial charge in [-0.05, 0) is 57.4 Å². The number of anilines is 1. The summed E-state index contributed by atoms with van der Waals surface area (Å²) in [6, 6.07) is 4.89. The summed E-state index contributed by atoms with van der Waals surface area (Å²) in [6.07, 6.45) is 1.35. The van der Waals surface area contributed by atoms with Crippen molar-refractivity contribution in [3.05, 3.63) is 56.4 Å². The van der Waals surface area contributed by atoms with E-state index >= 15 is 0 Å². The fraction of sp³-hybridized carbons (Fsp3) is 0.333. The highest BCUT2D eigenvalue weighted by Gasteiger charge is 2.23. The van der Waals surface area contributed by atoms with Crippen LogP contribution >= 0.6 is 11.3 Å². The topological polar surface area (TPSA) is 90.3 Å². The molecule has 2 heterocycles.